The fraction of sp³-hybridized carbons (Fsp3) is 0.0714. The molecule has 0 aliphatic carbocycles. The van der Waals surface area contributed by atoms with E-state index < -0.39 is 11.6 Å². The van der Waals surface area contributed by atoms with Gasteiger partial charge < -0.3 is 15.5 Å². The Balaban J connectivity index is 1.81. The lowest BCUT2D eigenvalue weighted by Gasteiger charge is -2.03. The number of hydrogen-bond donors (Lipinski definition) is 2. The monoisotopic (exact) mass is 275 g/mol. The first kappa shape index (κ1) is 12.4. The summed E-state index contributed by atoms with van der Waals surface area (Å²) < 4.78 is 31.7. The molecule has 20 heavy (non-hydrogen) atoms. The lowest BCUT2D eigenvalue weighted by molar-refractivity contribution is 0.571. The van der Waals surface area contributed by atoms with Crippen LogP contribution in [-0.2, 0) is 6.54 Å². The summed E-state index contributed by atoms with van der Waals surface area (Å²) in [6.45, 7) is 0.138. The zero-order valence-corrected chi connectivity index (χ0v) is 10.4. The zero-order chi connectivity index (χ0) is 14.1. The van der Waals surface area contributed by atoms with E-state index in [1.807, 2.05) is 0 Å². The molecule has 1 aromatic heterocycles. The molecule has 3 aromatic rings. The number of nitrogens with zero attached hydrogens (tertiary/aromatic N) is 1. The van der Waals surface area contributed by atoms with Crippen LogP contribution in [0.25, 0.3) is 11.1 Å². The lowest BCUT2D eigenvalue weighted by atomic mass is 10.2. The van der Waals surface area contributed by atoms with Crippen LogP contribution in [0.5, 0.6) is 0 Å². The highest BCUT2D eigenvalue weighted by atomic mass is 19.1. The second-order valence-electron chi connectivity index (χ2n) is 4.30. The third-order valence-electron chi connectivity index (χ3n) is 2.90. The number of halogens is 2. The first-order valence-electron chi connectivity index (χ1n) is 5.96. The highest BCUT2D eigenvalue weighted by molar-refractivity contribution is 5.86. The number of benzene rings is 2. The van der Waals surface area contributed by atoms with Crippen LogP contribution in [0.3, 0.4) is 0 Å². The summed E-state index contributed by atoms with van der Waals surface area (Å²) in [7, 11) is 0. The first-order chi connectivity index (χ1) is 9.63. The van der Waals surface area contributed by atoms with Crippen LogP contribution in [0.2, 0.25) is 0 Å². The standard InChI is InChI=1S/C14H11F2N3O/c15-9-5-4-8(10(16)6-9)7-18-14-19-13-11(17)2-1-3-12(13)20-14/h1-6H,7,17H2,(H,18,19). The van der Waals surface area contributed by atoms with E-state index in [0.29, 0.717) is 22.4 Å². The Labute approximate surface area is 113 Å². The van der Waals surface area contributed by atoms with E-state index in [0.717, 1.165) is 6.07 Å². The van der Waals surface area contributed by atoms with Gasteiger partial charge in [0.1, 0.15) is 17.2 Å². The summed E-state index contributed by atoms with van der Waals surface area (Å²) in [5, 5.41) is 2.84. The molecule has 0 fully saturated rings. The third-order valence-corrected chi connectivity index (χ3v) is 2.90. The van der Waals surface area contributed by atoms with Crippen LogP contribution in [-0.4, -0.2) is 4.98 Å². The van der Waals surface area contributed by atoms with Crippen molar-refractivity contribution in [2.24, 2.45) is 0 Å². The van der Waals surface area contributed by atoms with Crippen LogP contribution in [0.15, 0.2) is 40.8 Å². The average Bonchev–Trinajstić information content (AvgIpc) is 2.82. The van der Waals surface area contributed by atoms with Gasteiger partial charge in [0.25, 0.3) is 6.01 Å². The second kappa shape index (κ2) is 4.80. The Morgan fingerprint density at radius 1 is 1.20 bits per heavy atom. The number of anilines is 2. The summed E-state index contributed by atoms with van der Waals surface area (Å²) in [5.74, 6) is -1.23. The number of fused-ring (bicyclic) bond motifs is 1. The van der Waals surface area contributed by atoms with Crippen LogP contribution in [0.4, 0.5) is 20.5 Å². The molecule has 0 bridgehead atoms. The highest BCUT2D eigenvalue weighted by Gasteiger charge is 2.09. The molecule has 1 heterocycles. The summed E-state index contributed by atoms with van der Waals surface area (Å²) in [6, 6.07) is 8.85. The number of para-hydroxylation sites is 1. The van der Waals surface area contributed by atoms with E-state index in [2.05, 4.69) is 10.3 Å². The van der Waals surface area contributed by atoms with Gasteiger partial charge in [-0.3, -0.25) is 0 Å². The van der Waals surface area contributed by atoms with Crippen molar-refractivity contribution in [1.82, 2.24) is 4.98 Å². The molecule has 0 unspecified atom stereocenters. The Morgan fingerprint density at radius 2 is 2.05 bits per heavy atom. The summed E-state index contributed by atoms with van der Waals surface area (Å²) in [4.78, 5) is 4.18. The third kappa shape index (κ3) is 2.27. The SMILES string of the molecule is Nc1cccc2oc(NCc3ccc(F)cc3F)nc12. The number of nitrogens with two attached hydrogens (primary N) is 1. The van der Waals surface area contributed by atoms with Gasteiger partial charge >= 0.3 is 0 Å². The van der Waals surface area contributed by atoms with E-state index >= 15 is 0 Å². The smallest absolute Gasteiger partial charge is 0.296 e. The zero-order valence-electron chi connectivity index (χ0n) is 10.4. The molecule has 2 aromatic carbocycles. The minimum Gasteiger partial charge on any atom is -0.423 e. The van der Waals surface area contributed by atoms with Crippen molar-refractivity contribution in [2.75, 3.05) is 11.1 Å². The molecule has 0 radical (unpaired) electrons. The van der Waals surface area contributed by atoms with Crippen LogP contribution >= 0.6 is 0 Å². The Hall–Kier alpha value is -2.63. The maximum absolute atomic E-state index is 13.5. The number of hydrogen-bond acceptors (Lipinski definition) is 4. The molecule has 0 saturated carbocycles. The predicted octanol–water partition coefficient (Wildman–Crippen LogP) is 3.30. The summed E-state index contributed by atoms with van der Waals surface area (Å²) in [6.07, 6.45) is 0. The number of nitrogen functional groups attached to an aromatic ring is 1. The Bertz CT molecular complexity index is 770. The van der Waals surface area contributed by atoms with Crippen molar-refractivity contribution in [3.05, 3.63) is 53.6 Å². The van der Waals surface area contributed by atoms with Gasteiger partial charge in [-0.1, -0.05) is 12.1 Å². The quantitative estimate of drug-likeness (QED) is 0.720. The average molecular weight is 275 g/mol. The van der Waals surface area contributed by atoms with E-state index in [-0.39, 0.29) is 12.6 Å². The van der Waals surface area contributed by atoms with E-state index in [1.165, 1.54) is 12.1 Å². The Kier molecular flexibility index (Phi) is 2.98. The molecule has 0 aliphatic rings. The van der Waals surface area contributed by atoms with Crippen molar-refractivity contribution < 1.29 is 13.2 Å². The van der Waals surface area contributed by atoms with Gasteiger partial charge in [-0.05, 0) is 18.2 Å². The number of aromatic nitrogens is 1. The van der Waals surface area contributed by atoms with Gasteiger partial charge in [0.15, 0.2) is 5.58 Å². The molecule has 102 valence electrons. The van der Waals surface area contributed by atoms with Crippen molar-refractivity contribution >= 4 is 22.8 Å². The summed E-state index contributed by atoms with van der Waals surface area (Å²) in [5.41, 5.74) is 7.69. The maximum Gasteiger partial charge on any atom is 0.296 e. The van der Waals surface area contributed by atoms with Gasteiger partial charge in [-0.15, -0.1) is 0 Å². The molecule has 0 spiro atoms. The number of nitrogens with one attached hydrogen (secondary N) is 1. The van der Waals surface area contributed by atoms with E-state index in [9.17, 15) is 8.78 Å². The van der Waals surface area contributed by atoms with Crippen molar-refractivity contribution in [3.8, 4) is 0 Å². The van der Waals surface area contributed by atoms with Gasteiger partial charge in [-0.25, -0.2) is 8.78 Å². The minimum absolute atomic E-state index is 0.138. The van der Waals surface area contributed by atoms with Gasteiger partial charge in [-0.2, -0.15) is 4.98 Å². The predicted molar refractivity (Wildman–Crippen MR) is 72.1 cm³/mol. The molecule has 0 amide bonds. The molecule has 6 heteroatoms. The fourth-order valence-electron chi connectivity index (χ4n) is 1.88. The number of oxazole rings is 1. The van der Waals surface area contributed by atoms with Crippen LogP contribution in [0, 0.1) is 11.6 Å². The summed E-state index contributed by atoms with van der Waals surface area (Å²) >= 11 is 0. The molecular weight excluding hydrogens is 264 g/mol. The fourth-order valence-corrected chi connectivity index (χ4v) is 1.88. The molecular formula is C14H11F2N3O. The van der Waals surface area contributed by atoms with Crippen molar-refractivity contribution in [3.63, 3.8) is 0 Å². The van der Waals surface area contributed by atoms with Crippen molar-refractivity contribution in [1.29, 1.82) is 0 Å². The molecule has 0 aliphatic heterocycles. The molecule has 3 rings (SSSR count). The minimum atomic E-state index is -0.617. The van der Waals surface area contributed by atoms with E-state index in [1.54, 1.807) is 18.2 Å². The van der Waals surface area contributed by atoms with Gasteiger partial charge in [0.2, 0.25) is 0 Å². The lowest BCUT2D eigenvalue weighted by Crippen LogP contribution is -2.02. The number of rotatable bonds is 3. The normalized spacial score (nSPS) is 10.9. The second-order valence-corrected chi connectivity index (χ2v) is 4.30. The molecule has 3 N–H and O–H groups in total. The largest absolute Gasteiger partial charge is 0.423 e. The topological polar surface area (TPSA) is 64.1 Å². The van der Waals surface area contributed by atoms with Crippen molar-refractivity contribution in [2.45, 2.75) is 6.54 Å². The molecule has 0 saturated heterocycles. The highest BCUT2D eigenvalue weighted by Crippen LogP contribution is 2.24. The molecule has 0 atom stereocenters. The van der Waals surface area contributed by atoms with Gasteiger partial charge in [0, 0.05) is 18.2 Å². The molecule has 4 nitrogen and oxygen atoms in total. The van der Waals surface area contributed by atoms with Gasteiger partial charge in [0.05, 0.1) is 5.69 Å². The first-order valence-corrected chi connectivity index (χ1v) is 5.96. The van der Waals surface area contributed by atoms with Crippen LogP contribution < -0.4 is 11.1 Å². The Morgan fingerprint density at radius 3 is 2.80 bits per heavy atom. The van der Waals surface area contributed by atoms with E-state index in [4.69, 9.17) is 10.2 Å². The maximum atomic E-state index is 13.5. The van der Waals surface area contributed by atoms with Crippen LogP contribution in [0.1, 0.15) is 5.56 Å².